The van der Waals surface area contributed by atoms with E-state index in [0.29, 0.717) is 31.9 Å². The van der Waals surface area contributed by atoms with Crippen LogP contribution in [0.3, 0.4) is 0 Å². The number of carbonyl (C=O) groups is 1. The maximum atomic E-state index is 13.3. The first-order chi connectivity index (χ1) is 15.1. The zero-order valence-electron chi connectivity index (χ0n) is 17.1. The molecule has 2 aromatic heterocycles. The van der Waals surface area contributed by atoms with E-state index in [1.165, 1.54) is 6.07 Å². The normalized spacial score (nSPS) is 10.5. The second-order valence-electron chi connectivity index (χ2n) is 6.79. The van der Waals surface area contributed by atoms with E-state index in [1.807, 2.05) is 18.2 Å². The van der Waals surface area contributed by atoms with Crippen molar-refractivity contribution in [3.05, 3.63) is 94.1 Å². The zero-order valence-corrected chi connectivity index (χ0v) is 17.1. The lowest BCUT2D eigenvalue weighted by atomic mass is 10.1. The summed E-state index contributed by atoms with van der Waals surface area (Å²) in [5, 5.41) is 14.5. The van der Waals surface area contributed by atoms with Crippen LogP contribution in [0.2, 0.25) is 0 Å². The summed E-state index contributed by atoms with van der Waals surface area (Å²) in [7, 11) is 1.55. The van der Waals surface area contributed by atoms with Gasteiger partial charge in [-0.3, -0.25) is 24.9 Å². The Balaban J connectivity index is 1.88. The molecular formula is C22H23N5O4. The van der Waals surface area contributed by atoms with Crippen LogP contribution in [-0.4, -0.2) is 46.0 Å². The molecule has 31 heavy (non-hydrogen) atoms. The first-order valence-electron chi connectivity index (χ1n) is 9.67. The Morgan fingerprint density at radius 3 is 2.55 bits per heavy atom. The topological polar surface area (TPSA) is 110 Å². The molecule has 160 valence electrons. The number of hydrogen-bond donors (Lipinski definition) is 1. The van der Waals surface area contributed by atoms with E-state index in [4.69, 9.17) is 4.74 Å². The predicted octanol–water partition coefficient (Wildman–Crippen LogP) is 3.29. The van der Waals surface area contributed by atoms with Crippen molar-refractivity contribution < 1.29 is 14.5 Å². The first kappa shape index (κ1) is 21.8. The largest absolute Gasteiger partial charge is 0.383 e. The van der Waals surface area contributed by atoms with Crippen molar-refractivity contribution in [3.63, 3.8) is 0 Å². The Morgan fingerprint density at radius 1 is 1.10 bits per heavy atom. The maximum Gasteiger partial charge on any atom is 0.293 e. The van der Waals surface area contributed by atoms with E-state index in [2.05, 4.69) is 15.3 Å². The molecule has 0 fully saturated rings. The standard InChI is InChI=1S/C22H23N5O4/c1-31-12-11-25-20-5-4-19(13-21(20)27(29)30)22(28)26(15-17-6-9-23-10-7-17)16-18-3-2-8-24-14-18/h2-10,13-14,25H,11-12,15-16H2,1H3. The molecule has 1 aromatic carbocycles. The molecule has 0 saturated heterocycles. The smallest absolute Gasteiger partial charge is 0.293 e. The monoisotopic (exact) mass is 421 g/mol. The average Bonchev–Trinajstić information content (AvgIpc) is 2.80. The number of nitrogens with one attached hydrogen (secondary N) is 1. The number of benzene rings is 1. The highest BCUT2D eigenvalue weighted by molar-refractivity contribution is 5.95. The lowest BCUT2D eigenvalue weighted by molar-refractivity contribution is -0.384. The molecule has 9 heteroatoms. The van der Waals surface area contributed by atoms with Gasteiger partial charge in [0.1, 0.15) is 5.69 Å². The third-order valence-corrected chi connectivity index (χ3v) is 4.57. The molecule has 1 amide bonds. The third-order valence-electron chi connectivity index (χ3n) is 4.57. The van der Waals surface area contributed by atoms with Crippen LogP contribution in [0.5, 0.6) is 0 Å². The van der Waals surface area contributed by atoms with Gasteiger partial charge in [0.15, 0.2) is 0 Å². The molecular weight excluding hydrogens is 398 g/mol. The van der Waals surface area contributed by atoms with Crippen LogP contribution in [0.4, 0.5) is 11.4 Å². The predicted molar refractivity (Wildman–Crippen MR) is 116 cm³/mol. The Morgan fingerprint density at radius 2 is 1.87 bits per heavy atom. The highest BCUT2D eigenvalue weighted by atomic mass is 16.6. The van der Waals surface area contributed by atoms with Gasteiger partial charge in [-0.05, 0) is 41.5 Å². The summed E-state index contributed by atoms with van der Waals surface area (Å²) >= 11 is 0. The van der Waals surface area contributed by atoms with Gasteiger partial charge in [0.25, 0.3) is 11.6 Å². The molecule has 0 spiro atoms. The SMILES string of the molecule is COCCNc1ccc(C(=O)N(Cc2ccncc2)Cc2cccnc2)cc1[N+](=O)[O-]. The molecule has 0 aliphatic rings. The van der Waals surface area contributed by atoms with E-state index in [1.54, 1.807) is 55.0 Å². The average molecular weight is 421 g/mol. The number of carbonyl (C=O) groups excluding carboxylic acids is 1. The van der Waals surface area contributed by atoms with Crippen LogP contribution in [0, 0.1) is 10.1 Å². The summed E-state index contributed by atoms with van der Waals surface area (Å²) in [6.45, 7) is 1.47. The minimum absolute atomic E-state index is 0.160. The van der Waals surface area contributed by atoms with Crippen molar-refractivity contribution in [2.75, 3.05) is 25.6 Å². The molecule has 0 unspecified atom stereocenters. The fourth-order valence-corrected chi connectivity index (χ4v) is 3.06. The van der Waals surface area contributed by atoms with Gasteiger partial charge in [-0.2, -0.15) is 0 Å². The fraction of sp³-hybridized carbons (Fsp3) is 0.227. The molecule has 2 heterocycles. The van der Waals surface area contributed by atoms with Crippen LogP contribution in [-0.2, 0) is 17.8 Å². The Kier molecular flexibility index (Phi) is 7.61. The van der Waals surface area contributed by atoms with Gasteiger partial charge < -0.3 is 15.0 Å². The minimum atomic E-state index is -0.500. The highest BCUT2D eigenvalue weighted by Gasteiger charge is 2.22. The number of anilines is 1. The summed E-state index contributed by atoms with van der Waals surface area (Å²) in [5.41, 5.74) is 2.18. The molecule has 1 N–H and O–H groups in total. The number of hydrogen-bond acceptors (Lipinski definition) is 7. The lowest BCUT2D eigenvalue weighted by Crippen LogP contribution is -2.30. The van der Waals surface area contributed by atoms with Crippen molar-refractivity contribution in [1.29, 1.82) is 0 Å². The van der Waals surface area contributed by atoms with Crippen LogP contribution in [0.1, 0.15) is 21.5 Å². The maximum absolute atomic E-state index is 13.3. The Hall–Kier alpha value is -3.85. The summed E-state index contributed by atoms with van der Waals surface area (Å²) < 4.78 is 4.97. The Bertz CT molecular complexity index is 973. The molecule has 0 aliphatic heterocycles. The minimum Gasteiger partial charge on any atom is -0.383 e. The van der Waals surface area contributed by atoms with Crippen LogP contribution in [0.15, 0.2) is 67.3 Å². The number of methoxy groups -OCH3 is 1. The summed E-state index contributed by atoms with van der Waals surface area (Å²) in [4.78, 5) is 34.1. The first-order valence-corrected chi connectivity index (χ1v) is 9.67. The number of nitrogens with zero attached hydrogens (tertiary/aromatic N) is 4. The number of pyridine rings is 2. The van der Waals surface area contributed by atoms with Crippen LogP contribution in [0.25, 0.3) is 0 Å². The van der Waals surface area contributed by atoms with Crippen molar-refractivity contribution in [2.24, 2.45) is 0 Å². The van der Waals surface area contributed by atoms with Crippen molar-refractivity contribution >= 4 is 17.3 Å². The lowest BCUT2D eigenvalue weighted by Gasteiger charge is -2.23. The van der Waals surface area contributed by atoms with E-state index in [-0.39, 0.29) is 17.2 Å². The number of aromatic nitrogens is 2. The third kappa shape index (κ3) is 6.06. The van der Waals surface area contributed by atoms with E-state index >= 15 is 0 Å². The molecule has 9 nitrogen and oxygen atoms in total. The second-order valence-corrected chi connectivity index (χ2v) is 6.79. The van der Waals surface area contributed by atoms with E-state index in [0.717, 1.165) is 11.1 Å². The summed E-state index contributed by atoms with van der Waals surface area (Å²) in [6, 6.07) is 11.8. The van der Waals surface area contributed by atoms with E-state index < -0.39 is 4.92 Å². The molecule has 0 atom stereocenters. The fourth-order valence-electron chi connectivity index (χ4n) is 3.06. The Labute approximate surface area is 179 Å². The van der Waals surface area contributed by atoms with Gasteiger partial charge in [-0.1, -0.05) is 6.07 Å². The van der Waals surface area contributed by atoms with Crippen molar-refractivity contribution in [2.45, 2.75) is 13.1 Å². The number of rotatable bonds is 10. The van der Waals surface area contributed by atoms with Gasteiger partial charge in [0.2, 0.25) is 0 Å². The number of nitro benzene ring substituents is 1. The molecule has 0 saturated carbocycles. The summed E-state index contributed by atoms with van der Waals surface area (Å²) in [5.74, 6) is -0.313. The second kappa shape index (κ2) is 10.8. The van der Waals surface area contributed by atoms with Crippen molar-refractivity contribution in [1.82, 2.24) is 14.9 Å². The zero-order chi connectivity index (χ0) is 22.1. The number of ether oxygens (including phenoxy) is 1. The molecule has 0 aliphatic carbocycles. The van der Waals surface area contributed by atoms with Gasteiger partial charge in [-0.25, -0.2) is 0 Å². The van der Waals surface area contributed by atoms with Crippen LogP contribution < -0.4 is 5.32 Å². The van der Waals surface area contributed by atoms with Crippen LogP contribution >= 0.6 is 0 Å². The summed E-state index contributed by atoms with van der Waals surface area (Å²) in [6.07, 6.45) is 6.68. The number of amides is 1. The van der Waals surface area contributed by atoms with Gasteiger partial charge in [-0.15, -0.1) is 0 Å². The number of nitro groups is 1. The highest BCUT2D eigenvalue weighted by Crippen LogP contribution is 2.26. The van der Waals surface area contributed by atoms with Gasteiger partial charge in [0.05, 0.1) is 11.5 Å². The van der Waals surface area contributed by atoms with Gasteiger partial charge in [0, 0.05) is 63.2 Å². The van der Waals surface area contributed by atoms with Crippen molar-refractivity contribution in [3.8, 4) is 0 Å². The molecule has 0 radical (unpaired) electrons. The quantitative estimate of drug-likeness (QED) is 0.304. The van der Waals surface area contributed by atoms with Gasteiger partial charge >= 0.3 is 0 Å². The molecule has 3 aromatic rings. The molecule has 3 rings (SSSR count). The molecule has 0 bridgehead atoms. The van der Waals surface area contributed by atoms with E-state index in [9.17, 15) is 14.9 Å².